The quantitative estimate of drug-likeness (QED) is 0.711. The van der Waals surface area contributed by atoms with Gasteiger partial charge in [0.2, 0.25) is 0 Å². The number of benzene rings is 1. The van der Waals surface area contributed by atoms with Crippen molar-refractivity contribution in [3.05, 3.63) is 76.5 Å². The highest BCUT2D eigenvalue weighted by Gasteiger charge is 2.07. The Morgan fingerprint density at radius 2 is 1.91 bits per heavy atom. The van der Waals surface area contributed by atoms with Gasteiger partial charge in [-0.25, -0.2) is 4.68 Å². The molecule has 0 N–H and O–H groups in total. The molecular formula is C17H18BrN3O. The molecule has 0 aliphatic carbocycles. The van der Waals surface area contributed by atoms with E-state index >= 15 is 0 Å². The van der Waals surface area contributed by atoms with Crippen molar-refractivity contribution in [2.75, 3.05) is 13.1 Å². The summed E-state index contributed by atoms with van der Waals surface area (Å²) in [5.41, 5.74) is 1.59. The van der Waals surface area contributed by atoms with Gasteiger partial charge in [-0.05, 0) is 18.2 Å². The maximum absolute atomic E-state index is 12.0. The zero-order valence-electron chi connectivity index (χ0n) is 12.3. The maximum Gasteiger partial charge on any atom is 0.268 e. The third-order valence-electron chi connectivity index (χ3n) is 3.10. The van der Waals surface area contributed by atoms with Crippen LogP contribution < -0.4 is 5.56 Å². The largest absolute Gasteiger partial charge is 0.277 e. The SMILES string of the molecule is C=CCN(CC=C)Cn1nc(-c2cccc(Br)c2)ccc1=O. The van der Waals surface area contributed by atoms with Crippen LogP contribution in [0, 0.1) is 0 Å². The fourth-order valence-corrected chi connectivity index (χ4v) is 2.50. The first-order valence-corrected chi connectivity index (χ1v) is 7.71. The third-order valence-corrected chi connectivity index (χ3v) is 3.59. The number of hydrogen-bond donors (Lipinski definition) is 0. The second-order valence-electron chi connectivity index (χ2n) is 4.82. The van der Waals surface area contributed by atoms with Crippen molar-refractivity contribution in [2.24, 2.45) is 0 Å². The van der Waals surface area contributed by atoms with Crippen molar-refractivity contribution in [3.63, 3.8) is 0 Å². The molecule has 0 saturated heterocycles. The van der Waals surface area contributed by atoms with Gasteiger partial charge in [-0.2, -0.15) is 5.10 Å². The second-order valence-corrected chi connectivity index (χ2v) is 5.74. The van der Waals surface area contributed by atoms with E-state index in [-0.39, 0.29) is 5.56 Å². The van der Waals surface area contributed by atoms with Crippen LogP contribution in [0.1, 0.15) is 0 Å². The van der Waals surface area contributed by atoms with Crippen LogP contribution in [0.15, 0.2) is 71.0 Å². The molecule has 0 radical (unpaired) electrons. The van der Waals surface area contributed by atoms with Crippen molar-refractivity contribution >= 4 is 15.9 Å². The predicted octanol–water partition coefficient (Wildman–Crippen LogP) is 3.30. The van der Waals surface area contributed by atoms with Crippen molar-refractivity contribution in [2.45, 2.75) is 6.67 Å². The van der Waals surface area contributed by atoms with Gasteiger partial charge in [0.05, 0.1) is 12.4 Å². The molecule has 1 aromatic carbocycles. The van der Waals surface area contributed by atoms with Gasteiger partial charge in [-0.1, -0.05) is 40.2 Å². The Bertz CT molecular complexity index is 714. The van der Waals surface area contributed by atoms with E-state index in [4.69, 9.17) is 0 Å². The van der Waals surface area contributed by atoms with Crippen molar-refractivity contribution in [1.82, 2.24) is 14.7 Å². The van der Waals surface area contributed by atoms with E-state index in [1.165, 1.54) is 4.68 Å². The Morgan fingerprint density at radius 3 is 2.55 bits per heavy atom. The molecule has 22 heavy (non-hydrogen) atoms. The van der Waals surface area contributed by atoms with Crippen LogP contribution in [0.2, 0.25) is 0 Å². The molecule has 1 aromatic heterocycles. The zero-order chi connectivity index (χ0) is 15.9. The van der Waals surface area contributed by atoms with Gasteiger partial charge < -0.3 is 0 Å². The summed E-state index contributed by atoms with van der Waals surface area (Å²) < 4.78 is 2.44. The molecule has 1 heterocycles. The Labute approximate surface area is 138 Å². The monoisotopic (exact) mass is 359 g/mol. The molecule has 0 saturated carbocycles. The second kappa shape index (κ2) is 7.87. The van der Waals surface area contributed by atoms with Gasteiger partial charge in [0.25, 0.3) is 5.56 Å². The summed E-state index contributed by atoms with van der Waals surface area (Å²) in [6.45, 7) is 9.20. The molecule has 0 aliphatic rings. The molecule has 5 heteroatoms. The predicted molar refractivity (Wildman–Crippen MR) is 93.6 cm³/mol. The first kappa shape index (κ1) is 16.4. The van der Waals surface area contributed by atoms with E-state index < -0.39 is 0 Å². The van der Waals surface area contributed by atoms with Crippen molar-refractivity contribution in [1.29, 1.82) is 0 Å². The molecule has 2 rings (SSSR count). The summed E-state index contributed by atoms with van der Waals surface area (Å²) in [6, 6.07) is 11.1. The average Bonchev–Trinajstić information content (AvgIpc) is 2.50. The van der Waals surface area contributed by atoms with E-state index in [9.17, 15) is 4.79 Å². The number of hydrogen-bond acceptors (Lipinski definition) is 3. The van der Waals surface area contributed by atoms with Gasteiger partial charge >= 0.3 is 0 Å². The van der Waals surface area contributed by atoms with E-state index in [1.54, 1.807) is 24.3 Å². The van der Waals surface area contributed by atoms with Gasteiger partial charge in [-0.3, -0.25) is 9.69 Å². The fraction of sp³-hybridized carbons (Fsp3) is 0.176. The Morgan fingerprint density at radius 1 is 1.18 bits per heavy atom. The van der Waals surface area contributed by atoms with Crippen molar-refractivity contribution < 1.29 is 0 Å². The lowest BCUT2D eigenvalue weighted by molar-refractivity contribution is 0.247. The van der Waals surface area contributed by atoms with E-state index in [2.05, 4.69) is 34.2 Å². The van der Waals surface area contributed by atoms with Crippen LogP contribution in [-0.2, 0) is 6.67 Å². The molecular weight excluding hydrogens is 342 g/mol. The summed E-state index contributed by atoms with van der Waals surface area (Å²) in [6.07, 6.45) is 3.60. The van der Waals surface area contributed by atoms with Crippen LogP contribution in [-0.4, -0.2) is 27.8 Å². The lowest BCUT2D eigenvalue weighted by atomic mass is 10.1. The number of halogens is 1. The maximum atomic E-state index is 12.0. The Kier molecular flexibility index (Phi) is 5.86. The highest BCUT2D eigenvalue weighted by atomic mass is 79.9. The zero-order valence-corrected chi connectivity index (χ0v) is 13.9. The lowest BCUT2D eigenvalue weighted by Gasteiger charge is -2.19. The first-order chi connectivity index (χ1) is 10.6. The fourth-order valence-electron chi connectivity index (χ4n) is 2.10. The van der Waals surface area contributed by atoms with E-state index in [1.807, 2.05) is 29.2 Å². The van der Waals surface area contributed by atoms with Crippen molar-refractivity contribution in [3.8, 4) is 11.3 Å². The number of aromatic nitrogens is 2. The summed E-state index contributed by atoms with van der Waals surface area (Å²) in [4.78, 5) is 14.1. The number of rotatable bonds is 7. The molecule has 0 bridgehead atoms. The standard InChI is InChI=1S/C17H18BrN3O/c1-3-10-20(11-4-2)13-21-17(22)9-8-16(19-21)14-6-5-7-15(18)12-14/h3-9,12H,1-2,10-11,13H2. The molecule has 0 aliphatic heterocycles. The van der Waals surface area contributed by atoms with Gasteiger partial charge in [0.15, 0.2) is 0 Å². The van der Waals surface area contributed by atoms with Crippen LogP contribution in [0.25, 0.3) is 11.3 Å². The normalized spacial score (nSPS) is 10.6. The molecule has 0 amide bonds. The summed E-state index contributed by atoms with van der Waals surface area (Å²) >= 11 is 3.45. The van der Waals surface area contributed by atoms with Crippen LogP contribution >= 0.6 is 15.9 Å². The minimum Gasteiger partial charge on any atom is -0.277 e. The summed E-state index contributed by atoms with van der Waals surface area (Å²) in [7, 11) is 0. The summed E-state index contributed by atoms with van der Waals surface area (Å²) in [5.74, 6) is 0. The third kappa shape index (κ3) is 4.26. The molecule has 0 atom stereocenters. The molecule has 0 fully saturated rings. The van der Waals surface area contributed by atoms with Gasteiger partial charge in [0.1, 0.15) is 0 Å². The van der Waals surface area contributed by atoms with Crippen LogP contribution in [0.4, 0.5) is 0 Å². The molecule has 0 spiro atoms. The van der Waals surface area contributed by atoms with Crippen LogP contribution in [0.3, 0.4) is 0 Å². The average molecular weight is 360 g/mol. The Balaban J connectivity index is 2.32. The number of nitrogens with zero attached hydrogens (tertiary/aromatic N) is 3. The topological polar surface area (TPSA) is 38.1 Å². The Hall–Kier alpha value is -1.98. The van der Waals surface area contributed by atoms with E-state index in [0.717, 1.165) is 15.7 Å². The van der Waals surface area contributed by atoms with E-state index in [0.29, 0.717) is 19.8 Å². The van der Waals surface area contributed by atoms with Crippen LogP contribution in [0.5, 0.6) is 0 Å². The van der Waals surface area contributed by atoms with Gasteiger partial charge in [-0.15, -0.1) is 13.2 Å². The summed E-state index contributed by atoms with van der Waals surface area (Å²) in [5, 5.41) is 4.46. The molecule has 114 valence electrons. The lowest BCUT2D eigenvalue weighted by Crippen LogP contribution is -2.34. The molecule has 0 unspecified atom stereocenters. The highest BCUT2D eigenvalue weighted by Crippen LogP contribution is 2.20. The highest BCUT2D eigenvalue weighted by molar-refractivity contribution is 9.10. The molecule has 4 nitrogen and oxygen atoms in total. The molecule has 2 aromatic rings. The first-order valence-electron chi connectivity index (χ1n) is 6.92. The smallest absolute Gasteiger partial charge is 0.268 e. The minimum atomic E-state index is -0.128. The minimum absolute atomic E-state index is 0.128. The van der Waals surface area contributed by atoms with Gasteiger partial charge in [0, 0.05) is 29.2 Å².